The standard InChI is InChI=1S/C11H22N2/c1-3-9-13(2)11(12)10-7-5-4-6-8-10/h10,12H,3-9H2,1-2H3. The van der Waals surface area contributed by atoms with Gasteiger partial charge in [-0.3, -0.25) is 5.41 Å². The molecule has 0 saturated heterocycles. The van der Waals surface area contributed by atoms with Gasteiger partial charge in [-0.15, -0.1) is 0 Å². The molecule has 76 valence electrons. The molecule has 1 aliphatic rings. The Morgan fingerprint density at radius 1 is 1.31 bits per heavy atom. The lowest BCUT2D eigenvalue weighted by atomic mass is 9.88. The van der Waals surface area contributed by atoms with Gasteiger partial charge in [-0.05, 0) is 19.3 Å². The quantitative estimate of drug-likeness (QED) is 0.527. The van der Waals surface area contributed by atoms with E-state index in [1.807, 2.05) is 0 Å². The van der Waals surface area contributed by atoms with E-state index in [1.165, 1.54) is 32.1 Å². The first-order chi connectivity index (χ1) is 6.25. The zero-order valence-electron chi connectivity index (χ0n) is 8.97. The highest BCUT2D eigenvalue weighted by atomic mass is 15.1. The maximum absolute atomic E-state index is 8.02. The number of hydrogen-bond donors (Lipinski definition) is 1. The fraction of sp³-hybridized carbons (Fsp3) is 0.909. The van der Waals surface area contributed by atoms with Crippen molar-refractivity contribution in [2.75, 3.05) is 13.6 Å². The van der Waals surface area contributed by atoms with Crippen molar-refractivity contribution in [1.82, 2.24) is 4.90 Å². The van der Waals surface area contributed by atoms with E-state index < -0.39 is 0 Å². The Kier molecular flexibility index (Phi) is 4.26. The van der Waals surface area contributed by atoms with Gasteiger partial charge in [-0.2, -0.15) is 0 Å². The molecule has 0 amide bonds. The first-order valence-electron chi connectivity index (χ1n) is 5.55. The largest absolute Gasteiger partial charge is 0.363 e. The minimum absolute atomic E-state index is 0.560. The Hall–Kier alpha value is -0.530. The molecule has 0 aromatic carbocycles. The van der Waals surface area contributed by atoms with Crippen molar-refractivity contribution in [3.8, 4) is 0 Å². The highest BCUT2D eigenvalue weighted by Gasteiger charge is 2.19. The van der Waals surface area contributed by atoms with E-state index >= 15 is 0 Å². The van der Waals surface area contributed by atoms with Gasteiger partial charge in [0.2, 0.25) is 0 Å². The average Bonchev–Trinajstić information content (AvgIpc) is 2.18. The van der Waals surface area contributed by atoms with Crippen LogP contribution in [0.2, 0.25) is 0 Å². The third-order valence-electron chi connectivity index (χ3n) is 2.96. The maximum Gasteiger partial charge on any atom is 0.0986 e. The summed E-state index contributed by atoms with van der Waals surface area (Å²) in [6, 6.07) is 0. The number of hydrogen-bond acceptors (Lipinski definition) is 1. The van der Waals surface area contributed by atoms with Gasteiger partial charge in [0.1, 0.15) is 0 Å². The Labute approximate surface area is 81.8 Å². The number of amidine groups is 1. The van der Waals surface area contributed by atoms with Crippen molar-refractivity contribution in [2.45, 2.75) is 45.4 Å². The molecule has 0 aliphatic heterocycles. The molecule has 0 atom stereocenters. The lowest BCUT2D eigenvalue weighted by Gasteiger charge is -2.28. The predicted octanol–water partition coefficient (Wildman–Crippen LogP) is 2.89. The number of rotatable bonds is 3. The van der Waals surface area contributed by atoms with Crippen LogP contribution in [-0.4, -0.2) is 24.3 Å². The fourth-order valence-corrected chi connectivity index (χ4v) is 2.14. The Balaban J connectivity index is 2.36. The van der Waals surface area contributed by atoms with Crippen LogP contribution >= 0.6 is 0 Å². The molecule has 1 rings (SSSR count). The molecule has 1 saturated carbocycles. The minimum Gasteiger partial charge on any atom is -0.363 e. The number of nitrogens with zero attached hydrogens (tertiary/aromatic N) is 1. The molecule has 0 aromatic heterocycles. The minimum atomic E-state index is 0.560. The zero-order chi connectivity index (χ0) is 9.68. The molecule has 0 spiro atoms. The van der Waals surface area contributed by atoms with Gasteiger partial charge in [0.05, 0.1) is 5.84 Å². The molecule has 0 aromatic rings. The normalized spacial score (nSPS) is 18.6. The zero-order valence-corrected chi connectivity index (χ0v) is 8.97. The van der Waals surface area contributed by atoms with Crippen molar-refractivity contribution in [2.24, 2.45) is 5.92 Å². The first kappa shape index (κ1) is 10.6. The molecule has 2 heteroatoms. The molecule has 2 nitrogen and oxygen atoms in total. The summed E-state index contributed by atoms with van der Waals surface area (Å²) in [5.74, 6) is 1.44. The van der Waals surface area contributed by atoms with Gasteiger partial charge in [-0.1, -0.05) is 26.2 Å². The van der Waals surface area contributed by atoms with Gasteiger partial charge in [0.15, 0.2) is 0 Å². The highest BCUT2D eigenvalue weighted by Crippen LogP contribution is 2.25. The monoisotopic (exact) mass is 182 g/mol. The molecule has 13 heavy (non-hydrogen) atoms. The van der Waals surface area contributed by atoms with Crippen LogP contribution in [0.25, 0.3) is 0 Å². The van der Waals surface area contributed by atoms with Crippen LogP contribution in [0.3, 0.4) is 0 Å². The van der Waals surface area contributed by atoms with Gasteiger partial charge in [0, 0.05) is 19.5 Å². The van der Waals surface area contributed by atoms with Crippen LogP contribution in [0.1, 0.15) is 45.4 Å². The summed E-state index contributed by atoms with van der Waals surface area (Å²) in [7, 11) is 2.06. The maximum atomic E-state index is 8.02. The number of nitrogens with one attached hydrogen (secondary N) is 1. The molecular formula is C11H22N2. The van der Waals surface area contributed by atoms with E-state index in [2.05, 4.69) is 18.9 Å². The fourth-order valence-electron chi connectivity index (χ4n) is 2.14. The van der Waals surface area contributed by atoms with Crippen LogP contribution < -0.4 is 0 Å². The summed E-state index contributed by atoms with van der Waals surface area (Å²) >= 11 is 0. The molecule has 0 unspecified atom stereocenters. The van der Waals surface area contributed by atoms with E-state index in [-0.39, 0.29) is 0 Å². The van der Waals surface area contributed by atoms with Crippen LogP contribution in [-0.2, 0) is 0 Å². The van der Waals surface area contributed by atoms with E-state index in [1.54, 1.807) is 0 Å². The third kappa shape index (κ3) is 3.02. The molecular weight excluding hydrogens is 160 g/mol. The van der Waals surface area contributed by atoms with E-state index in [0.717, 1.165) is 18.8 Å². The summed E-state index contributed by atoms with van der Waals surface area (Å²) in [6.45, 7) is 3.21. The summed E-state index contributed by atoms with van der Waals surface area (Å²) in [5, 5.41) is 8.02. The third-order valence-corrected chi connectivity index (χ3v) is 2.96. The second kappa shape index (κ2) is 5.25. The van der Waals surface area contributed by atoms with Crippen molar-refractivity contribution >= 4 is 5.84 Å². The topological polar surface area (TPSA) is 27.1 Å². The average molecular weight is 182 g/mol. The summed E-state index contributed by atoms with van der Waals surface area (Å²) in [5.41, 5.74) is 0. The summed E-state index contributed by atoms with van der Waals surface area (Å²) in [4.78, 5) is 2.12. The second-order valence-electron chi connectivity index (χ2n) is 4.14. The molecule has 1 aliphatic carbocycles. The molecule has 0 bridgehead atoms. The highest BCUT2D eigenvalue weighted by molar-refractivity contribution is 5.81. The smallest absolute Gasteiger partial charge is 0.0986 e. The lowest BCUT2D eigenvalue weighted by molar-refractivity contribution is 0.385. The second-order valence-corrected chi connectivity index (χ2v) is 4.14. The molecule has 0 heterocycles. The van der Waals surface area contributed by atoms with Crippen LogP contribution in [0, 0.1) is 11.3 Å². The van der Waals surface area contributed by atoms with Gasteiger partial charge in [0.25, 0.3) is 0 Å². The van der Waals surface area contributed by atoms with E-state index in [9.17, 15) is 0 Å². The SMILES string of the molecule is CCCN(C)C(=N)C1CCCCC1. The van der Waals surface area contributed by atoms with Crippen LogP contribution in [0.5, 0.6) is 0 Å². The summed E-state index contributed by atoms with van der Waals surface area (Å²) in [6.07, 6.45) is 7.66. The first-order valence-corrected chi connectivity index (χ1v) is 5.55. The van der Waals surface area contributed by atoms with Gasteiger partial charge < -0.3 is 4.90 Å². The van der Waals surface area contributed by atoms with Crippen molar-refractivity contribution < 1.29 is 0 Å². The lowest BCUT2D eigenvalue weighted by Crippen LogP contribution is -2.33. The van der Waals surface area contributed by atoms with Gasteiger partial charge >= 0.3 is 0 Å². The molecule has 1 N–H and O–H groups in total. The Morgan fingerprint density at radius 3 is 2.46 bits per heavy atom. The van der Waals surface area contributed by atoms with Crippen molar-refractivity contribution in [1.29, 1.82) is 5.41 Å². The Bertz CT molecular complexity index is 159. The Morgan fingerprint density at radius 2 is 1.92 bits per heavy atom. The molecule has 1 fully saturated rings. The van der Waals surface area contributed by atoms with Crippen LogP contribution in [0.4, 0.5) is 0 Å². The van der Waals surface area contributed by atoms with Gasteiger partial charge in [-0.25, -0.2) is 0 Å². The molecule has 0 radical (unpaired) electrons. The summed E-state index contributed by atoms with van der Waals surface area (Å²) < 4.78 is 0. The van der Waals surface area contributed by atoms with Crippen molar-refractivity contribution in [3.63, 3.8) is 0 Å². The van der Waals surface area contributed by atoms with E-state index in [0.29, 0.717) is 5.92 Å². The van der Waals surface area contributed by atoms with E-state index in [4.69, 9.17) is 5.41 Å². The van der Waals surface area contributed by atoms with Crippen LogP contribution in [0.15, 0.2) is 0 Å². The van der Waals surface area contributed by atoms with Crippen molar-refractivity contribution in [3.05, 3.63) is 0 Å². The predicted molar refractivity (Wildman–Crippen MR) is 57.2 cm³/mol.